The molecular formula is C19H23N7O3. The van der Waals surface area contributed by atoms with E-state index in [1.54, 1.807) is 37.1 Å². The Morgan fingerprint density at radius 3 is 2.38 bits per heavy atom. The van der Waals surface area contributed by atoms with Gasteiger partial charge in [-0.25, -0.2) is 9.48 Å². The fourth-order valence-electron chi connectivity index (χ4n) is 2.51. The second-order valence-corrected chi connectivity index (χ2v) is 6.09. The number of methoxy groups -OCH3 is 2. The Kier molecular flexibility index (Phi) is 6.46. The molecule has 0 unspecified atom stereocenters. The lowest BCUT2D eigenvalue weighted by Crippen LogP contribution is -2.32. The Bertz CT molecular complexity index is 934. The summed E-state index contributed by atoms with van der Waals surface area (Å²) in [5.41, 5.74) is 1.48. The van der Waals surface area contributed by atoms with Gasteiger partial charge >= 0.3 is 6.03 Å². The molecule has 0 aliphatic heterocycles. The maximum absolute atomic E-state index is 12.1. The van der Waals surface area contributed by atoms with Gasteiger partial charge in [-0.05, 0) is 25.1 Å². The van der Waals surface area contributed by atoms with Gasteiger partial charge in [-0.3, -0.25) is 0 Å². The molecule has 0 fully saturated rings. The van der Waals surface area contributed by atoms with Crippen LogP contribution < -0.4 is 25.4 Å². The van der Waals surface area contributed by atoms with Crippen molar-refractivity contribution in [3.05, 3.63) is 48.3 Å². The molecule has 0 aliphatic carbocycles. The van der Waals surface area contributed by atoms with Crippen molar-refractivity contribution in [2.45, 2.75) is 6.92 Å². The standard InChI is InChI=1S/C19H23N7O3/c1-13-6-9-26(25-13)18-5-4-17(23-24-18)20-7-8-21-19(27)22-14-10-15(28-2)12-16(11-14)29-3/h4-6,9-12H,7-8H2,1-3H3,(H,20,23)(H2,21,22,27). The van der Waals surface area contributed by atoms with Crippen LogP contribution >= 0.6 is 0 Å². The van der Waals surface area contributed by atoms with E-state index in [0.29, 0.717) is 41.9 Å². The van der Waals surface area contributed by atoms with Gasteiger partial charge in [0.25, 0.3) is 0 Å². The maximum atomic E-state index is 12.1. The predicted molar refractivity (Wildman–Crippen MR) is 109 cm³/mol. The highest BCUT2D eigenvalue weighted by Gasteiger charge is 2.06. The Morgan fingerprint density at radius 1 is 1.03 bits per heavy atom. The van der Waals surface area contributed by atoms with Crippen molar-refractivity contribution < 1.29 is 14.3 Å². The molecule has 2 amide bonds. The topological polar surface area (TPSA) is 115 Å². The van der Waals surface area contributed by atoms with Gasteiger partial charge in [-0.1, -0.05) is 0 Å². The molecule has 0 atom stereocenters. The molecular weight excluding hydrogens is 374 g/mol. The number of ether oxygens (including phenoxy) is 2. The van der Waals surface area contributed by atoms with Gasteiger partial charge in [0.05, 0.1) is 19.9 Å². The first-order valence-electron chi connectivity index (χ1n) is 8.95. The molecule has 0 saturated heterocycles. The molecule has 0 bridgehead atoms. The van der Waals surface area contributed by atoms with Gasteiger partial charge in [0.1, 0.15) is 17.3 Å². The largest absolute Gasteiger partial charge is 0.497 e. The highest BCUT2D eigenvalue weighted by molar-refractivity contribution is 5.89. The van der Waals surface area contributed by atoms with Gasteiger partial charge in [0, 0.05) is 43.2 Å². The number of hydrogen-bond donors (Lipinski definition) is 3. The van der Waals surface area contributed by atoms with Gasteiger partial charge in [0.2, 0.25) is 0 Å². The Balaban J connectivity index is 1.44. The molecule has 3 rings (SSSR count). The number of urea groups is 1. The minimum Gasteiger partial charge on any atom is -0.497 e. The lowest BCUT2D eigenvalue weighted by molar-refractivity contribution is 0.252. The van der Waals surface area contributed by atoms with E-state index in [0.717, 1.165) is 5.69 Å². The van der Waals surface area contributed by atoms with Crippen LogP contribution in [0.1, 0.15) is 5.69 Å². The number of carbonyl (C=O) groups excluding carboxylic acids is 1. The molecule has 3 aromatic rings. The summed E-state index contributed by atoms with van der Waals surface area (Å²) >= 11 is 0. The summed E-state index contributed by atoms with van der Waals surface area (Å²) in [7, 11) is 3.10. The first-order valence-corrected chi connectivity index (χ1v) is 8.95. The van der Waals surface area contributed by atoms with Crippen molar-refractivity contribution >= 4 is 17.5 Å². The molecule has 0 aliphatic rings. The third-order valence-corrected chi connectivity index (χ3v) is 3.93. The van der Waals surface area contributed by atoms with E-state index in [2.05, 4.69) is 31.2 Å². The highest BCUT2D eigenvalue weighted by atomic mass is 16.5. The number of aromatic nitrogens is 4. The van der Waals surface area contributed by atoms with Gasteiger partial charge < -0.3 is 25.4 Å². The van der Waals surface area contributed by atoms with Crippen molar-refractivity contribution in [2.75, 3.05) is 37.9 Å². The quantitative estimate of drug-likeness (QED) is 0.499. The lowest BCUT2D eigenvalue weighted by Gasteiger charge is -2.11. The van der Waals surface area contributed by atoms with Crippen LogP contribution in [0.3, 0.4) is 0 Å². The maximum Gasteiger partial charge on any atom is 0.319 e. The minimum absolute atomic E-state index is 0.336. The average molecular weight is 397 g/mol. The Hall–Kier alpha value is -3.82. The monoisotopic (exact) mass is 397 g/mol. The van der Waals surface area contributed by atoms with Crippen molar-refractivity contribution in [3.63, 3.8) is 0 Å². The van der Waals surface area contributed by atoms with Crippen LogP contribution in [-0.2, 0) is 0 Å². The van der Waals surface area contributed by atoms with Crippen molar-refractivity contribution in [2.24, 2.45) is 0 Å². The summed E-state index contributed by atoms with van der Waals surface area (Å²) in [6, 6.07) is 10.3. The molecule has 0 spiro atoms. The first-order chi connectivity index (χ1) is 14.1. The number of rotatable bonds is 8. The SMILES string of the molecule is COc1cc(NC(=O)NCCNc2ccc(-n3ccc(C)n3)nn2)cc(OC)c1. The number of aryl methyl sites for hydroxylation is 1. The second kappa shape index (κ2) is 9.40. The van der Waals surface area contributed by atoms with Gasteiger partial charge in [-0.15, -0.1) is 10.2 Å². The van der Waals surface area contributed by atoms with Gasteiger partial charge in [-0.2, -0.15) is 5.10 Å². The molecule has 3 N–H and O–H groups in total. The second-order valence-electron chi connectivity index (χ2n) is 6.09. The zero-order valence-electron chi connectivity index (χ0n) is 16.5. The van der Waals surface area contributed by atoms with E-state index in [-0.39, 0.29) is 6.03 Å². The number of nitrogens with zero attached hydrogens (tertiary/aromatic N) is 4. The molecule has 1 aromatic carbocycles. The van der Waals surface area contributed by atoms with E-state index in [1.165, 1.54) is 0 Å². The number of anilines is 2. The van der Waals surface area contributed by atoms with Crippen LogP contribution in [0.25, 0.3) is 5.82 Å². The first kappa shape index (κ1) is 19.9. The molecule has 2 aromatic heterocycles. The third-order valence-electron chi connectivity index (χ3n) is 3.93. The van der Waals surface area contributed by atoms with Crippen LogP contribution in [0.4, 0.5) is 16.3 Å². The molecule has 10 heteroatoms. The number of carbonyl (C=O) groups is 1. The zero-order valence-corrected chi connectivity index (χ0v) is 16.5. The van der Waals surface area contributed by atoms with Crippen molar-refractivity contribution in [3.8, 4) is 17.3 Å². The summed E-state index contributed by atoms with van der Waals surface area (Å²) in [6.07, 6.45) is 1.83. The fraction of sp³-hybridized carbons (Fsp3) is 0.263. The number of amides is 2. The summed E-state index contributed by atoms with van der Waals surface area (Å²) < 4.78 is 12.0. The van der Waals surface area contributed by atoms with E-state index in [4.69, 9.17) is 9.47 Å². The minimum atomic E-state index is -0.336. The normalized spacial score (nSPS) is 10.3. The van der Waals surface area contributed by atoms with Crippen LogP contribution in [0.5, 0.6) is 11.5 Å². The van der Waals surface area contributed by atoms with E-state index in [9.17, 15) is 4.79 Å². The smallest absolute Gasteiger partial charge is 0.319 e. The number of nitrogens with one attached hydrogen (secondary N) is 3. The van der Waals surface area contributed by atoms with Crippen LogP contribution in [0.2, 0.25) is 0 Å². The Labute approximate surface area is 168 Å². The number of benzene rings is 1. The molecule has 10 nitrogen and oxygen atoms in total. The van der Waals surface area contributed by atoms with E-state index in [1.807, 2.05) is 31.3 Å². The summed E-state index contributed by atoms with van der Waals surface area (Å²) in [5, 5.41) is 21.1. The molecule has 0 radical (unpaired) electrons. The lowest BCUT2D eigenvalue weighted by atomic mass is 10.3. The summed E-state index contributed by atoms with van der Waals surface area (Å²) in [5.74, 6) is 2.43. The Morgan fingerprint density at radius 2 is 1.79 bits per heavy atom. The van der Waals surface area contributed by atoms with Gasteiger partial charge in [0.15, 0.2) is 5.82 Å². The van der Waals surface area contributed by atoms with E-state index >= 15 is 0 Å². The third kappa shape index (κ3) is 5.58. The molecule has 29 heavy (non-hydrogen) atoms. The predicted octanol–water partition coefficient (Wildman–Crippen LogP) is 2.22. The zero-order chi connectivity index (χ0) is 20.6. The van der Waals surface area contributed by atoms with Crippen LogP contribution in [0.15, 0.2) is 42.6 Å². The van der Waals surface area contributed by atoms with Crippen LogP contribution in [-0.4, -0.2) is 53.3 Å². The van der Waals surface area contributed by atoms with Crippen molar-refractivity contribution in [1.29, 1.82) is 0 Å². The van der Waals surface area contributed by atoms with E-state index < -0.39 is 0 Å². The molecule has 0 saturated carbocycles. The average Bonchev–Trinajstić information content (AvgIpc) is 3.17. The van der Waals surface area contributed by atoms with Crippen molar-refractivity contribution in [1.82, 2.24) is 25.3 Å². The molecule has 152 valence electrons. The summed E-state index contributed by atoms with van der Waals surface area (Å²) in [4.78, 5) is 12.1. The molecule has 2 heterocycles. The fourth-order valence-corrected chi connectivity index (χ4v) is 2.51. The summed E-state index contributed by atoms with van der Waals surface area (Å²) in [6.45, 7) is 2.80. The highest BCUT2D eigenvalue weighted by Crippen LogP contribution is 2.25. The van der Waals surface area contributed by atoms with Crippen LogP contribution in [0, 0.1) is 6.92 Å². The number of hydrogen-bond acceptors (Lipinski definition) is 7.